The Morgan fingerprint density at radius 2 is 2.00 bits per heavy atom. The molecule has 0 aliphatic carbocycles. The molecular weight excluding hydrogens is 477 g/mol. The summed E-state index contributed by atoms with van der Waals surface area (Å²) in [6.07, 6.45) is 2.73. The second kappa shape index (κ2) is 10.8. The average molecular weight is 499 g/mol. The Labute approximate surface area is 178 Å². The molecule has 1 amide bonds. The van der Waals surface area contributed by atoms with E-state index in [-0.39, 0.29) is 29.9 Å². The molecule has 8 nitrogen and oxygen atoms in total. The number of hydrogen-bond acceptors (Lipinski definition) is 5. The third-order valence-corrected chi connectivity index (χ3v) is 4.57. The van der Waals surface area contributed by atoms with Crippen LogP contribution in [0.25, 0.3) is 5.65 Å². The van der Waals surface area contributed by atoms with Crippen molar-refractivity contribution < 1.29 is 4.79 Å². The van der Waals surface area contributed by atoms with Gasteiger partial charge < -0.3 is 16.0 Å². The van der Waals surface area contributed by atoms with Crippen LogP contribution in [0.2, 0.25) is 0 Å². The second-order valence-corrected chi connectivity index (χ2v) is 6.43. The first-order chi connectivity index (χ1) is 12.8. The van der Waals surface area contributed by atoms with Gasteiger partial charge >= 0.3 is 0 Å². The topological polar surface area (TPSA) is 95.7 Å². The van der Waals surface area contributed by atoms with Crippen LogP contribution in [-0.4, -0.2) is 46.6 Å². The van der Waals surface area contributed by atoms with Gasteiger partial charge in [0.1, 0.15) is 0 Å². The Hall–Kier alpha value is -2.21. The summed E-state index contributed by atoms with van der Waals surface area (Å²) in [6.45, 7) is 1.82. The van der Waals surface area contributed by atoms with Crippen LogP contribution in [0.3, 0.4) is 0 Å². The van der Waals surface area contributed by atoms with E-state index in [0.717, 1.165) is 22.8 Å². The van der Waals surface area contributed by atoms with Crippen LogP contribution in [0.5, 0.6) is 0 Å². The van der Waals surface area contributed by atoms with Crippen molar-refractivity contribution in [2.24, 2.45) is 4.99 Å². The van der Waals surface area contributed by atoms with Gasteiger partial charge in [0.05, 0.1) is 11.4 Å². The molecule has 0 spiro atoms. The standard InChI is InChI=1S/C17H21N7OS.HI/c1-18-17(20-9-5-8-19-16(25)13-6-4-11-26-13)21-12-15-23-22-14-7-2-3-10-24(14)15;/h2-4,6-7,10-11H,5,8-9,12H2,1H3,(H,19,25)(H2,18,20,21);1H. The zero-order chi connectivity index (χ0) is 18.2. The Bertz CT molecular complexity index is 878. The van der Waals surface area contributed by atoms with E-state index in [0.29, 0.717) is 25.6 Å². The molecule has 0 atom stereocenters. The highest BCUT2D eigenvalue weighted by molar-refractivity contribution is 14.0. The summed E-state index contributed by atoms with van der Waals surface area (Å²) in [4.78, 5) is 16.8. The highest BCUT2D eigenvalue weighted by Crippen LogP contribution is 2.07. The number of pyridine rings is 1. The van der Waals surface area contributed by atoms with Crippen LogP contribution >= 0.6 is 35.3 Å². The Kier molecular flexibility index (Phi) is 8.45. The van der Waals surface area contributed by atoms with Gasteiger partial charge in [-0.25, -0.2) is 0 Å². The van der Waals surface area contributed by atoms with Crippen LogP contribution in [0.4, 0.5) is 0 Å². The minimum atomic E-state index is -0.0267. The summed E-state index contributed by atoms with van der Waals surface area (Å²) < 4.78 is 1.93. The van der Waals surface area contributed by atoms with Gasteiger partial charge in [-0.05, 0) is 30.0 Å². The van der Waals surface area contributed by atoms with E-state index in [4.69, 9.17) is 0 Å². The summed E-state index contributed by atoms with van der Waals surface area (Å²) in [5, 5.41) is 19.5. The second-order valence-electron chi connectivity index (χ2n) is 5.48. The summed E-state index contributed by atoms with van der Waals surface area (Å²) in [6, 6.07) is 9.47. The molecule has 10 heteroatoms. The van der Waals surface area contributed by atoms with Crippen LogP contribution in [0, 0.1) is 0 Å². The quantitative estimate of drug-likeness (QED) is 0.200. The van der Waals surface area contributed by atoms with E-state index in [9.17, 15) is 4.79 Å². The number of guanidine groups is 1. The first-order valence-corrected chi connectivity index (χ1v) is 9.21. The Balaban J connectivity index is 0.00000261. The predicted molar refractivity (Wildman–Crippen MR) is 118 cm³/mol. The maximum Gasteiger partial charge on any atom is 0.261 e. The number of aliphatic imine (C=N–C) groups is 1. The summed E-state index contributed by atoms with van der Waals surface area (Å²) >= 11 is 1.44. The molecule has 0 aliphatic rings. The fourth-order valence-electron chi connectivity index (χ4n) is 2.39. The minimum Gasteiger partial charge on any atom is -0.356 e. The maximum absolute atomic E-state index is 11.8. The number of carbonyl (C=O) groups excluding carboxylic acids is 1. The molecule has 3 aromatic rings. The number of hydrogen-bond donors (Lipinski definition) is 3. The predicted octanol–water partition coefficient (Wildman–Crippen LogP) is 1.89. The van der Waals surface area contributed by atoms with E-state index in [1.54, 1.807) is 7.05 Å². The zero-order valence-corrected chi connectivity index (χ0v) is 18.0. The van der Waals surface area contributed by atoms with Crippen molar-refractivity contribution in [3.8, 4) is 0 Å². The van der Waals surface area contributed by atoms with Crippen molar-refractivity contribution in [1.29, 1.82) is 0 Å². The van der Waals surface area contributed by atoms with E-state index < -0.39 is 0 Å². The number of halogens is 1. The molecule has 0 saturated heterocycles. The van der Waals surface area contributed by atoms with E-state index in [1.165, 1.54) is 11.3 Å². The van der Waals surface area contributed by atoms with Crippen molar-refractivity contribution in [2.45, 2.75) is 13.0 Å². The third kappa shape index (κ3) is 5.89. The lowest BCUT2D eigenvalue weighted by Crippen LogP contribution is -2.38. The highest BCUT2D eigenvalue weighted by Gasteiger charge is 2.06. The van der Waals surface area contributed by atoms with Gasteiger partial charge in [0.25, 0.3) is 5.91 Å². The minimum absolute atomic E-state index is 0. The van der Waals surface area contributed by atoms with Gasteiger partial charge in [0, 0.05) is 26.3 Å². The van der Waals surface area contributed by atoms with Gasteiger partial charge in [-0.3, -0.25) is 14.2 Å². The van der Waals surface area contributed by atoms with Crippen molar-refractivity contribution in [2.75, 3.05) is 20.1 Å². The lowest BCUT2D eigenvalue weighted by molar-refractivity contribution is 0.0957. The van der Waals surface area contributed by atoms with Gasteiger partial charge in [-0.1, -0.05) is 12.1 Å². The smallest absolute Gasteiger partial charge is 0.261 e. The first kappa shape index (κ1) is 21.1. The number of thiophene rings is 1. The molecule has 3 aromatic heterocycles. The maximum atomic E-state index is 11.8. The van der Waals surface area contributed by atoms with E-state index in [2.05, 4.69) is 31.1 Å². The molecular formula is C17H22IN7OS. The fourth-order valence-corrected chi connectivity index (χ4v) is 3.03. The van der Waals surface area contributed by atoms with Crippen LogP contribution in [0.15, 0.2) is 46.9 Å². The number of nitrogens with zero attached hydrogens (tertiary/aromatic N) is 4. The van der Waals surface area contributed by atoms with Gasteiger partial charge in [-0.15, -0.1) is 45.5 Å². The molecule has 3 heterocycles. The van der Waals surface area contributed by atoms with Crippen LogP contribution < -0.4 is 16.0 Å². The van der Waals surface area contributed by atoms with Gasteiger partial charge in [-0.2, -0.15) is 0 Å². The Morgan fingerprint density at radius 3 is 2.78 bits per heavy atom. The molecule has 0 saturated carbocycles. The highest BCUT2D eigenvalue weighted by atomic mass is 127. The number of fused-ring (bicyclic) bond motifs is 1. The SMILES string of the molecule is CN=C(NCCCNC(=O)c1cccs1)NCc1nnc2ccccn12.I. The number of nitrogens with one attached hydrogen (secondary N) is 3. The molecule has 3 rings (SSSR count). The van der Waals surface area contributed by atoms with Crippen molar-refractivity contribution in [3.63, 3.8) is 0 Å². The number of amides is 1. The molecule has 27 heavy (non-hydrogen) atoms. The van der Waals surface area contributed by atoms with Crippen molar-refractivity contribution in [3.05, 3.63) is 52.6 Å². The lowest BCUT2D eigenvalue weighted by atomic mass is 10.4. The molecule has 3 N–H and O–H groups in total. The number of aromatic nitrogens is 3. The molecule has 0 radical (unpaired) electrons. The van der Waals surface area contributed by atoms with Gasteiger partial charge in [0.15, 0.2) is 17.4 Å². The number of rotatable bonds is 7. The molecule has 0 aromatic carbocycles. The molecule has 0 bridgehead atoms. The zero-order valence-electron chi connectivity index (χ0n) is 14.9. The van der Waals surface area contributed by atoms with E-state index >= 15 is 0 Å². The Morgan fingerprint density at radius 1 is 1.15 bits per heavy atom. The third-order valence-electron chi connectivity index (χ3n) is 3.70. The van der Waals surface area contributed by atoms with Crippen molar-refractivity contribution >= 4 is 52.8 Å². The van der Waals surface area contributed by atoms with Crippen molar-refractivity contribution in [1.82, 2.24) is 30.5 Å². The normalized spacial score (nSPS) is 11.1. The summed E-state index contributed by atoms with van der Waals surface area (Å²) in [7, 11) is 1.72. The van der Waals surface area contributed by atoms with E-state index in [1.807, 2.05) is 46.3 Å². The summed E-state index contributed by atoms with van der Waals surface area (Å²) in [5.74, 6) is 1.47. The lowest BCUT2D eigenvalue weighted by Gasteiger charge is -2.11. The molecule has 0 fully saturated rings. The largest absolute Gasteiger partial charge is 0.356 e. The molecule has 0 unspecified atom stereocenters. The van der Waals surface area contributed by atoms with Gasteiger partial charge in [0.2, 0.25) is 0 Å². The summed E-state index contributed by atoms with van der Waals surface area (Å²) in [5.41, 5.74) is 0.814. The van der Waals surface area contributed by atoms with Crippen LogP contribution in [0.1, 0.15) is 21.9 Å². The molecule has 144 valence electrons. The first-order valence-electron chi connectivity index (χ1n) is 8.33. The van der Waals surface area contributed by atoms with Crippen LogP contribution in [-0.2, 0) is 6.54 Å². The fraction of sp³-hybridized carbons (Fsp3) is 0.294. The molecule has 0 aliphatic heterocycles. The average Bonchev–Trinajstić information content (AvgIpc) is 3.34. The monoisotopic (exact) mass is 499 g/mol. The number of carbonyl (C=O) groups is 1.